The normalized spacial score (nSPS) is 10.2. The first-order chi connectivity index (χ1) is 6.63. The smallest absolute Gasteiger partial charge is 0.188 e. The summed E-state index contributed by atoms with van der Waals surface area (Å²) in [5.41, 5.74) is 0.653. The van der Waals surface area contributed by atoms with E-state index in [0.717, 1.165) is 8.95 Å². The highest BCUT2D eigenvalue weighted by Crippen LogP contribution is 2.20. The van der Waals surface area contributed by atoms with Gasteiger partial charge in [0.05, 0.1) is 0 Å². The third-order valence-corrected chi connectivity index (χ3v) is 2.54. The monoisotopic (exact) mass is 320 g/mol. The van der Waals surface area contributed by atoms with Gasteiger partial charge in [-0.15, -0.1) is 0 Å². The van der Waals surface area contributed by atoms with Crippen LogP contribution in [0.1, 0.15) is 17.3 Å². The van der Waals surface area contributed by atoms with Crippen LogP contribution in [0.3, 0.4) is 0 Å². The fourth-order valence-corrected chi connectivity index (χ4v) is 2.29. The van der Waals surface area contributed by atoms with Crippen molar-refractivity contribution in [1.82, 2.24) is 0 Å². The number of carbonyl (C=O) groups is 1. The molecule has 0 atom stereocenters. The van der Waals surface area contributed by atoms with Crippen LogP contribution < -0.4 is 0 Å². The van der Waals surface area contributed by atoms with Crippen molar-refractivity contribution in [3.63, 3.8) is 0 Å². The first-order valence-electron chi connectivity index (χ1n) is 4.20. The summed E-state index contributed by atoms with van der Waals surface area (Å²) in [5.74, 6) is -0.00569. The second-order valence-electron chi connectivity index (χ2n) is 2.72. The average molecular weight is 322 g/mol. The maximum Gasteiger partial charge on any atom is 0.188 e. The predicted octanol–water partition coefficient (Wildman–Crippen LogP) is 3.43. The van der Waals surface area contributed by atoms with Gasteiger partial charge in [0.15, 0.2) is 5.78 Å². The standard InChI is InChI=1S/C10H10Br2O2/c1-2-14-6-10(13)7-3-8(11)5-9(12)4-7/h3-5H,2,6H2,1H3. The van der Waals surface area contributed by atoms with Gasteiger partial charge in [0.2, 0.25) is 0 Å². The van der Waals surface area contributed by atoms with Crippen molar-refractivity contribution in [1.29, 1.82) is 0 Å². The molecule has 0 aliphatic heterocycles. The zero-order valence-electron chi connectivity index (χ0n) is 7.72. The highest BCUT2D eigenvalue weighted by molar-refractivity contribution is 9.11. The molecule has 4 heteroatoms. The van der Waals surface area contributed by atoms with E-state index < -0.39 is 0 Å². The number of ether oxygens (including phenoxy) is 1. The van der Waals surface area contributed by atoms with Crippen molar-refractivity contribution in [2.75, 3.05) is 13.2 Å². The quantitative estimate of drug-likeness (QED) is 0.794. The summed E-state index contributed by atoms with van der Waals surface area (Å²) in [7, 11) is 0. The number of rotatable bonds is 4. The molecule has 0 aromatic heterocycles. The molecule has 0 unspecified atom stereocenters. The van der Waals surface area contributed by atoms with Crippen molar-refractivity contribution >= 4 is 37.6 Å². The van der Waals surface area contributed by atoms with E-state index in [1.165, 1.54) is 0 Å². The zero-order chi connectivity index (χ0) is 10.6. The van der Waals surface area contributed by atoms with Crippen LogP contribution in [0.15, 0.2) is 27.1 Å². The van der Waals surface area contributed by atoms with E-state index in [1.807, 2.05) is 13.0 Å². The fourth-order valence-electron chi connectivity index (χ4n) is 0.993. The van der Waals surface area contributed by atoms with E-state index >= 15 is 0 Å². The number of halogens is 2. The summed E-state index contributed by atoms with van der Waals surface area (Å²) in [5, 5.41) is 0. The Morgan fingerprint density at radius 2 is 1.86 bits per heavy atom. The van der Waals surface area contributed by atoms with Gasteiger partial charge in [-0.25, -0.2) is 0 Å². The highest BCUT2D eigenvalue weighted by atomic mass is 79.9. The molecule has 0 aliphatic carbocycles. The average Bonchev–Trinajstić information content (AvgIpc) is 2.12. The van der Waals surface area contributed by atoms with Gasteiger partial charge in [-0.2, -0.15) is 0 Å². The predicted molar refractivity (Wildman–Crippen MR) is 62.7 cm³/mol. The molecule has 14 heavy (non-hydrogen) atoms. The van der Waals surface area contributed by atoms with Crippen molar-refractivity contribution in [2.45, 2.75) is 6.92 Å². The fraction of sp³-hybridized carbons (Fsp3) is 0.300. The molecule has 0 saturated heterocycles. The number of carbonyl (C=O) groups excluding carboxylic acids is 1. The van der Waals surface area contributed by atoms with Crippen molar-refractivity contribution in [2.24, 2.45) is 0 Å². The lowest BCUT2D eigenvalue weighted by Gasteiger charge is -2.02. The van der Waals surface area contributed by atoms with Crippen LogP contribution in [0.2, 0.25) is 0 Å². The first-order valence-corrected chi connectivity index (χ1v) is 5.79. The van der Waals surface area contributed by atoms with Gasteiger partial charge < -0.3 is 4.74 Å². The molecule has 0 spiro atoms. The third kappa shape index (κ3) is 3.52. The molecule has 0 radical (unpaired) electrons. The summed E-state index contributed by atoms with van der Waals surface area (Å²) >= 11 is 6.65. The van der Waals surface area contributed by atoms with Crippen LogP contribution in [0.25, 0.3) is 0 Å². The van der Waals surface area contributed by atoms with Crippen LogP contribution in [0.5, 0.6) is 0 Å². The molecule has 0 N–H and O–H groups in total. The van der Waals surface area contributed by atoms with Crippen molar-refractivity contribution in [3.05, 3.63) is 32.7 Å². The van der Waals surface area contributed by atoms with E-state index in [4.69, 9.17) is 4.74 Å². The van der Waals surface area contributed by atoms with Gasteiger partial charge in [-0.3, -0.25) is 4.79 Å². The SMILES string of the molecule is CCOCC(=O)c1cc(Br)cc(Br)c1. The lowest BCUT2D eigenvalue weighted by molar-refractivity contribution is 0.0783. The van der Waals surface area contributed by atoms with Crippen LogP contribution in [0.4, 0.5) is 0 Å². The summed E-state index contributed by atoms with van der Waals surface area (Å²) in [6, 6.07) is 5.45. The molecule has 0 heterocycles. The Hall–Kier alpha value is -0.190. The van der Waals surface area contributed by atoms with Crippen LogP contribution in [-0.2, 0) is 4.74 Å². The number of Topliss-reactive ketones (excluding diaryl/α,β-unsaturated/α-hetero) is 1. The zero-order valence-corrected chi connectivity index (χ0v) is 10.9. The third-order valence-electron chi connectivity index (χ3n) is 1.62. The number of hydrogen-bond donors (Lipinski definition) is 0. The van der Waals surface area contributed by atoms with Gasteiger partial charge >= 0.3 is 0 Å². The Bertz CT molecular complexity index is 317. The van der Waals surface area contributed by atoms with Crippen molar-refractivity contribution < 1.29 is 9.53 Å². The molecule has 76 valence electrons. The van der Waals surface area contributed by atoms with E-state index in [-0.39, 0.29) is 12.4 Å². The van der Waals surface area contributed by atoms with Gasteiger partial charge in [-0.1, -0.05) is 31.9 Å². The highest BCUT2D eigenvalue weighted by Gasteiger charge is 2.07. The summed E-state index contributed by atoms with van der Waals surface area (Å²) in [6.07, 6.45) is 0. The molecule has 0 amide bonds. The summed E-state index contributed by atoms with van der Waals surface area (Å²) in [4.78, 5) is 11.5. The van der Waals surface area contributed by atoms with Gasteiger partial charge in [0.1, 0.15) is 6.61 Å². The largest absolute Gasteiger partial charge is 0.374 e. The molecule has 1 aromatic carbocycles. The van der Waals surface area contributed by atoms with Crippen LogP contribution in [0, 0.1) is 0 Å². The molecule has 1 aromatic rings. The number of hydrogen-bond acceptors (Lipinski definition) is 2. The van der Waals surface area contributed by atoms with Crippen LogP contribution in [-0.4, -0.2) is 19.0 Å². The van der Waals surface area contributed by atoms with E-state index in [9.17, 15) is 4.79 Å². The molecule has 0 saturated carbocycles. The van der Waals surface area contributed by atoms with E-state index in [0.29, 0.717) is 12.2 Å². The Labute approximate surface area is 99.9 Å². The second kappa shape index (κ2) is 5.63. The summed E-state index contributed by atoms with van der Waals surface area (Å²) in [6.45, 7) is 2.56. The second-order valence-corrected chi connectivity index (χ2v) is 4.55. The lowest BCUT2D eigenvalue weighted by atomic mass is 10.1. The van der Waals surface area contributed by atoms with E-state index in [1.54, 1.807) is 12.1 Å². The molecule has 0 aliphatic rings. The minimum absolute atomic E-state index is 0.00569. The minimum atomic E-state index is -0.00569. The van der Waals surface area contributed by atoms with Crippen molar-refractivity contribution in [3.8, 4) is 0 Å². The Kier molecular flexibility index (Phi) is 4.78. The summed E-state index contributed by atoms with van der Waals surface area (Å²) < 4.78 is 6.81. The Morgan fingerprint density at radius 1 is 1.29 bits per heavy atom. The number of ketones is 1. The lowest BCUT2D eigenvalue weighted by Crippen LogP contribution is -2.08. The van der Waals surface area contributed by atoms with E-state index in [2.05, 4.69) is 31.9 Å². The maximum absolute atomic E-state index is 11.5. The Morgan fingerprint density at radius 3 is 2.36 bits per heavy atom. The molecular formula is C10H10Br2O2. The molecule has 0 fully saturated rings. The molecule has 1 rings (SSSR count). The number of benzene rings is 1. The molecule has 0 bridgehead atoms. The maximum atomic E-state index is 11.5. The molecule has 2 nitrogen and oxygen atoms in total. The minimum Gasteiger partial charge on any atom is -0.374 e. The van der Waals surface area contributed by atoms with Gasteiger partial charge in [-0.05, 0) is 25.1 Å². The first kappa shape index (κ1) is 11.9. The van der Waals surface area contributed by atoms with Crippen LogP contribution >= 0.6 is 31.9 Å². The Balaban J connectivity index is 2.79. The molecular weight excluding hydrogens is 312 g/mol. The topological polar surface area (TPSA) is 26.3 Å². The van der Waals surface area contributed by atoms with Gasteiger partial charge in [0, 0.05) is 21.1 Å². The van der Waals surface area contributed by atoms with Gasteiger partial charge in [0.25, 0.3) is 0 Å².